The third-order valence-corrected chi connectivity index (χ3v) is 4.16. The summed E-state index contributed by atoms with van der Waals surface area (Å²) < 4.78 is 10.4. The highest BCUT2D eigenvalue weighted by Crippen LogP contribution is 2.24. The number of carbonyl (C=O) groups excluding carboxylic acids is 1. The van der Waals surface area contributed by atoms with Crippen molar-refractivity contribution in [2.45, 2.75) is 52.0 Å². The van der Waals surface area contributed by atoms with Crippen molar-refractivity contribution in [3.8, 4) is 0 Å². The summed E-state index contributed by atoms with van der Waals surface area (Å²) in [5.74, 6) is 2.00. The second-order valence-electron chi connectivity index (χ2n) is 5.90. The minimum Gasteiger partial charge on any atom is -0.454 e. The molecule has 1 heterocycles. The average Bonchev–Trinajstić information content (AvgIpc) is 2.86. The van der Waals surface area contributed by atoms with Crippen LogP contribution in [0.1, 0.15) is 46.0 Å². The third kappa shape index (κ3) is 4.66. The Balaban J connectivity index is 1.84. The first-order valence-electron chi connectivity index (χ1n) is 7.69. The monoisotopic (exact) mass is 291 g/mol. The van der Waals surface area contributed by atoms with Gasteiger partial charge in [0.05, 0.1) is 6.42 Å². The lowest BCUT2D eigenvalue weighted by Gasteiger charge is -2.27. The fourth-order valence-corrected chi connectivity index (χ4v) is 2.71. The molecule has 1 amide bonds. The van der Waals surface area contributed by atoms with Crippen LogP contribution in [0.5, 0.6) is 0 Å². The Hall–Kier alpha value is -1.71. The summed E-state index contributed by atoms with van der Waals surface area (Å²) in [5, 5.41) is 3.14. The molecule has 1 N–H and O–H groups in total. The highest BCUT2D eigenvalue weighted by atomic mass is 16.7. The normalized spacial score (nSPS) is 28.2. The Kier molecular flexibility index (Phi) is 5.48. The number of hydrogen-bond acceptors (Lipinski definition) is 3. The standard InChI is InChI=1S/C17H25NO3/c1-4-14(9-16-13(3)20-11-21-16)10-17(19)18-15-7-5-12(2)6-8-15/h4,9,12,15H,3,5-8,10-11H2,1-2H3,(H,18,19)/b14-4+,16-9+. The zero-order valence-electron chi connectivity index (χ0n) is 13.0. The maximum Gasteiger partial charge on any atom is 0.231 e. The largest absolute Gasteiger partial charge is 0.454 e. The van der Waals surface area contributed by atoms with E-state index in [0.29, 0.717) is 24.0 Å². The van der Waals surface area contributed by atoms with Gasteiger partial charge in [0.1, 0.15) is 0 Å². The summed E-state index contributed by atoms with van der Waals surface area (Å²) in [5.41, 5.74) is 0.915. The van der Waals surface area contributed by atoms with Gasteiger partial charge in [-0.05, 0) is 50.2 Å². The van der Waals surface area contributed by atoms with Crippen molar-refractivity contribution in [2.75, 3.05) is 6.79 Å². The van der Waals surface area contributed by atoms with E-state index in [1.54, 1.807) is 0 Å². The van der Waals surface area contributed by atoms with Gasteiger partial charge in [-0.1, -0.05) is 19.6 Å². The molecule has 2 rings (SSSR count). The number of rotatable bonds is 4. The van der Waals surface area contributed by atoms with Crippen LogP contribution in [0, 0.1) is 5.92 Å². The average molecular weight is 291 g/mol. The highest BCUT2D eigenvalue weighted by Gasteiger charge is 2.20. The second-order valence-corrected chi connectivity index (χ2v) is 5.90. The van der Waals surface area contributed by atoms with Crippen molar-refractivity contribution >= 4 is 5.91 Å². The van der Waals surface area contributed by atoms with E-state index in [-0.39, 0.29) is 12.7 Å². The Morgan fingerprint density at radius 3 is 2.62 bits per heavy atom. The molecule has 0 bridgehead atoms. The zero-order valence-corrected chi connectivity index (χ0v) is 13.0. The van der Waals surface area contributed by atoms with Gasteiger partial charge in [-0.15, -0.1) is 0 Å². The predicted octanol–water partition coefficient (Wildman–Crippen LogP) is 3.42. The molecule has 0 unspecified atom stereocenters. The predicted molar refractivity (Wildman–Crippen MR) is 82.2 cm³/mol. The summed E-state index contributed by atoms with van der Waals surface area (Å²) in [4.78, 5) is 12.1. The van der Waals surface area contributed by atoms with Gasteiger partial charge in [-0.25, -0.2) is 0 Å². The van der Waals surface area contributed by atoms with Crippen molar-refractivity contribution in [1.82, 2.24) is 5.32 Å². The number of hydrogen-bond donors (Lipinski definition) is 1. The van der Waals surface area contributed by atoms with Gasteiger partial charge in [-0.2, -0.15) is 0 Å². The van der Waals surface area contributed by atoms with Gasteiger partial charge in [0, 0.05) is 6.04 Å². The van der Waals surface area contributed by atoms with Gasteiger partial charge in [0.15, 0.2) is 11.5 Å². The number of amides is 1. The van der Waals surface area contributed by atoms with Crippen LogP contribution < -0.4 is 5.32 Å². The summed E-state index contributed by atoms with van der Waals surface area (Å²) in [6.07, 6.45) is 8.71. The molecule has 4 heteroatoms. The van der Waals surface area contributed by atoms with Gasteiger partial charge in [0.2, 0.25) is 12.7 Å². The van der Waals surface area contributed by atoms with Crippen LogP contribution in [0.15, 0.2) is 35.8 Å². The van der Waals surface area contributed by atoms with Crippen LogP contribution in [0.25, 0.3) is 0 Å². The first kappa shape index (κ1) is 15.7. The molecule has 0 atom stereocenters. The molecule has 1 saturated carbocycles. The minimum absolute atomic E-state index is 0.0732. The number of ether oxygens (including phenoxy) is 2. The Bertz CT molecular complexity index is 457. The van der Waals surface area contributed by atoms with Gasteiger partial charge in [-0.3, -0.25) is 4.79 Å². The molecular weight excluding hydrogens is 266 g/mol. The number of allylic oxidation sites excluding steroid dienone is 2. The molecule has 1 aliphatic carbocycles. The summed E-state index contributed by atoms with van der Waals surface area (Å²) >= 11 is 0. The van der Waals surface area contributed by atoms with Crippen molar-refractivity contribution < 1.29 is 14.3 Å². The number of carbonyl (C=O) groups is 1. The summed E-state index contributed by atoms with van der Waals surface area (Å²) in [7, 11) is 0. The highest BCUT2D eigenvalue weighted by molar-refractivity contribution is 5.79. The quantitative estimate of drug-likeness (QED) is 0.863. The first-order valence-corrected chi connectivity index (χ1v) is 7.69. The molecule has 116 valence electrons. The van der Waals surface area contributed by atoms with Crippen LogP contribution >= 0.6 is 0 Å². The van der Waals surface area contributed by atoms with Crippen LogP contribution in [-0.4, -0.2) is 18.7 Å². The van der Waals surface area contributed by atoms with Crippen LogP contribution in [0.4, 0.5) is 0 Å². The van der Waals surface area contributed by atoms with E-state index >= 15 is 0 Å². The lowest BCUT2D eigenvalue weighted by atomic mass is 9.87. The van der Waals surface area contributed by atoms with E-state index in [4.69, 9.17) is 9.47 Å². The van der Waals surface area contributed by atoms with E-state index in [1.165, 1.54) is 12.8 Å². The SMILES string of the molecule is C=C1OCO/C1=C/C(=C\C)CC(=O)NC1CCC(C)CC1. The molecule has 21 heavy (non-hydrogen) atoms. The molecule has 0 aromatic rings. The lowest BCUT2D eigenvalue weighted by Crippen LogP contribution is -2.37. The minimum atomic E-state index is 0.0732. The topological polar surface area (TPSA) is 47.6 Å². The molecular formula is C17H25NO3. The van der Waals surface area contributed by atoms with Crippen LogP contribution in [0.2, 0.25) is 0 Å². The van der Waals surface area contributed by atoms with Crippen LogP contribution in [0.3, 0.4) is 0 Å². The van der Waals surface area contributed by atoms with Crippen molar-refractivity contribution in [3.63, 3.8) is 0 Å². The van der Waals surface area contributed by atoms with Crippen LogP contribution in [-0.2, 0) is 14.3 Å². The van der Waals surface area contributed by atoms with E-state index in [1.807, 2.05) is 19.1 Å². The lowest BCUT2D eigenvalue weighted by molar-refractivity contribution is -0.121. The van der Waals surface area contributed by atoms with Crippen molar-refractivity contribution in [1.29, 1.82) is 0 Å². The molecule has 0 radical (unpaired) electrons. The Morgan fingerprint density at radius 1 is 1.33 bits per heavy atom. The van der Waals surface area contributed by atoms with Crippen molar-refractivity contribution in [3.05, 3.63) is 35.8 Å². The van der Waals surface area contributed by atoms with E-state index in [9.17, 15) is 4.79 Å². The number of nitrogens with one attached hydrogen (secondary N) is 1. The molecule has 1 saturated heterocycles. The fourth-order valence-electron chi connectivity index (χ4n) is 2.71. The second kappa shape index (κ2) is 7.34. The smallest absolute Gasteiger partial charge is 0.231 e. The maximum atomic E-state index is 12.1. The molecule has 0 spiro atoms. The summed E-state index contributed by atoms with van der Waals surface area (Å²) in [6.45, 7) is 8.16. The van der Waals surface area contributed by atoms with E-state index in [0.717, 1.165) is 24.3 Å². The first-order chi connectivity index (χ1) is 10.1. The van der Waals surface area contributed by atoms with Gasteiger partial charge >= 0.3 is 0 Å². The summed E-state index contributed by atoms with van der Waals surface area (Å²) in [6, 6.07) is 0.334. The van der Waals surface area contributed by atoms with E-state index in [2.05, 4.69) is 18.8 Å². The molecule has 0 aromatic carbocycles. The molecule has 0 aromatic heterocycles. The zero-order chi connectivity index (χ0) is 15.2. The Labute approximate surface area is 126 Å². The molecule has 2 fully saturated rings. The van der Waals surface area contributed by atoms with Crippen molar-refractivity contribution in [2.24, 2.45) is 5.92 Å². The molecule has 4 nitrogen and oxygen atoms in total. The third-order valence-electron chi connectivity index (χ3n) is 4.16. The fraction of sp³-hybridized carbons (Fsp3) is 0.588. The molecule has 1 aliphatic heterocycles. The van der Waals surface area contributed by atoms with Gasteiger partial charge in [0.25, 0.3) is 0 Å². The van der Waals surface area contributed by atoms with Gasteiger partial charge < -0.3 is 14.8 Å². The Morgan fingerprint density at radius 2 is 2.05 bits per heavy atom. The van der Waals surface area contributed by atoms with E-state index < -0.39 is 0 Å². The molecule has 2 aliphatic rings. The maximum absolute atomic E-state index is 12.1.